The lowest BCUT2D eigenvalue weighted by atomic mass is 10.2. The summed E-state index contributed by atoms with van der Waals surface area (Å²) >= 11 is 1.48. The topological polar surface area (TPSA) is 97.1 Å². The van der Waals surface area contributed by atoms with Crippen LogP contribution in [-0.4, -0.2) is 38.8 Å². The second-order valence-corrected chi connectivity index (χ2v) is 8.31. The molecule has 4 aromatic rings. The molecule has 2 heterocycles. The van der Waals surface area contributed by atoms with Crippen LogP contribution in [0.3, 0.4) is 0 Å². The monoisotopic (exact) mass is 458 g/mol. The minimum Gasteiger partial charge on any atom is -0.481 e. The molecule has 0 atom stereocenters. The molecule has 2 aromatic carbocycles. The molecule has 0 aliphatic heterocycles. The average Bonchev–Trinajstić information content (AvgIpc) is 3.19. The zero-order chi connectivity index (χ0) is 23.2. The number of nitrogens with one attached hydrogen (secondary N) is 1. The van der Waals surface area contributed by atoms with E-state index in [1.807, 2.05) is 66.7 Å². The van der Waals surface area contributed by atoms with Crippen LogP contribution in [0.2, 0.25) is 0 Å². The number of rotatable bonds is 8. The third kappa shape index (κ3) is 5.30. The van der Waals surface area contributed by atoms with Gasteiger partial charge in [0, 0.05) is 28.4 Å². The van der Waals surface area contributed by atoms with Crippen molar-refractivity contribution in [2.24, 2.45) is 0 Å². The Balaban J connectivity index is 1.71. The van der Waals surface area contributed by atoms with Crippen molar-refractivity contribution in [1.29, 1.82) is 0 Å². The van der Waals surface area contributed by atoms with E-state index in [-0.39, 0.29) is 18.9 Å². The lowest BCUT2D eigenvalue weighted by Gasteiger charge is -2.08. The number of aliphatic carboxylic acids is 1. The summed E-state index contributed by atoms with van der Waals surface area (Å²) in [5.41, 5.74) is 2.98. The number of benzene rings is 2. The number of nitrogens with zero attached hydrogens (tertiary/aromatic N) is 3. The first kappa shape index (κ1) is 22.3. The van der Waals surface area contributed by atoms with Crippen LogP contribution < -0.4 is 5.32 Å². The summed E-state index contributed by atoms with van der Waals surface area (Å²) in [5.74, 6) is -1.03. The van der Waals surface area contributed by atoms with Gasteiger partial charge in [0.1, 0.15) is 0 Å². The number of hydrogen-bond acceptors (Lipinski definition) is 5. The highest BCUT2D eigenvalue weighted by molar-refractivity contribution is 7.99. The van der Waals surface area contributed by atoms with E-state index in [2.05, 4.69) is 15.4 Å². The van der Waals surface area contributed by atoms with Crippen LogP contribution >= 0.6 is 11.8 Å². The van der Waals surface area contributed by atoms with E-state index in [9.17, 15) is 9.59 Å². The van der Waals surface area contributed by atoms with E-state index < -0.39 is 5.97 Å². The lowest BCUT2D eigenvalue weighted by molar-refractivity contribution is -0.137. The molecule has 0 spiro atoms. The van der Waals surface area contributed by atoms with E-state index in [0.717, 1.165) is 32.1 Å². The Hall–Kier alpha value is -3.91. The Morgan fingerprint density at radius 1 is 1.09 bits per heavy atom. The van der Waals surface area contributed by atoms with Crippen molar-refractivity contribution in [3.8, 4) is 0 Å². The number of carbonyl (C=O) groups is 2. The van der Waals surface area contributed by atoms with Crippen LogP contribution in [0.15, 0.2) is 76.7 Å². The number of pyridine rings is 1. The maximum atomic E-state index is 12.2. The van der Waals surface area contributed by atoms with Crippen molar-refractivity contribution in [1.82, 2.24) is 20.1 Å². The Labute approximate surface area is 195 Å². The van der Waals surface area contributed by atoms with Crippen molar-refractivity contribution in [2.45, 2.75) is 22.8 Å². The van der Waals surface area contributed by atoms with Gasteiger partial charge in [0.05, 0.1) is 35.4 Å². The quantitative estimate of drug-likeness (QED) is 0.401. The summed E-state index contributed by atoms with van der Waals surface area (Å²) in [6.45, 7) is 0.256. The minimum absolute atomic E-state index is 0.0307. The number of fused-ring (bicyclic) bond motifs is 1. The normalized spacial score (nSPS) is 11.2. The SMILES string of the molecule is CNC(=O)c1ccccc1Sc1ccc2c(/C=C/c3ccccn3)nn(CCC(=O)O)c2c1. The molecule has 33 heavy (non-hydrogen) atoms. The van der Waals surface area contributed by atoms with Crippen molar-refractivity contribution in [3.63, 3.8) is 0 Å². The zero-order valence-electron chi connectivity index (χ0n) is 17.9. The highest BCUT2D eigenvalue weighted by Gasteiger charge is 2.14. The molecule has 0 radical (unpaired) electrons. The summed E-state index contributed by atoms with van der Waals surface area (Å²) in [6.07, 6.45) is 5.46. The van der Waals surface area contributed by atoms with Crippen molar-refractivity contribution in [2.75, 3.05) is 7.05 Å². The van der Waals surface area contributed by atoms with E-state index >= 15 is 0 Å². The van der Waals surface area contributed by atoms with E-state index in [1.165, 1.54) is 11.8 Å². The van der Waals surface area contributed by atoms with Crippen LogP contribution in [0.1, 0.15) is 28.2 Å². The fourth-order valence-electron chi connectivity index (χ4n) is 3.38. The van der Waals surface area contributed by atoms with Crippen molar-refractivity contribution >= 4 is 46.7 Å². The molecule has 8 heteroatoms. The highest BCUT2D eigenvalue weighted by Crippen LogP contribution is 2.33. The molecule has 0 aliphatic carbocycles. The lowest BCUT2D eigenvalue weighted by Crippen LogP contribution is -2.18. The fraction of sp³-hybridized carbons (Fsp3) is 0.120. The zero-order valence-corrected chi connectivity index (χ0v) is 18.7. The predicted octanol–water partition coefficient (Wildman–Crippen LogP) is 4.59. The first-order valence-electron chi connectivity index (χ1n) is 10.4. The standard InChI is InChI=1S/C25H22N4O3S/c1-26-25(32)20-7-2-3-8-23(20)33-18-10-11-19-21(12-9-17-6-4-5-14-27-17)28-29(22(19)16-18)15-13-24(30)31/h2-12,14,16H,13,15H2,1H3,(H,26,32)(H,30,31)/b12-9+. The van der Waals surface area contributed by atoms with Gasteiger partial charge < -0.3 is 10.4 Å². The highest BCUT2D eigenvalue weighted by atomic mass is 32.2. The Morgan fingerprint density at radius 3 is 2.67 bits per heavy atom. The molecule has 0 bridgehead atoms. The van der Waals surface area contributed by atoms with Gasteiger partial charge in [-0.1, -0.05) is 30.0 Å². The Bertz CT molecular complexity index is 1330. The molecule has 7 nitrogen and oxygen atoms in total. The summed E-state index contributed by atoms with van der Waals surface area (Å²) in [7, 11) is 1.61. The molecule has 2 N–H and O–H groups in total. The Morgan fingerprint density at radius 2 is 1.91 bits per heavy atom. The van der Waals surface area contributed by atoms with Crippen LogP contribution in [-0.2, 0) is 11.3 Å². The van der Waals surface area contributed by atoms with E-state index in [1.54, 1.807) is 24.0 Å². The largest absolute Gasteiger partial charge is 0.481 e. The number of carboxylic acid groups (broad SMARTS) is 1. The van der Waals surface area contributed by atoms with Gasteiger partial charge in [-0.05, 0) is 54.6 Å². The van der Waals surface area contributed by atoms with Crippen LogP contribution in [0, 0.1) is 0 Å². The average molecular weight is 459 g/mol. The number of carboxylic acids is 1. The van der Waals surface area contributed by atoms with Gasteiger partial charge in [-0.3, -0.25) is 19.3 Å². The molecule has 1 amide bonds. The molecule has 2 aromatic heterocycles. The first-order valence-corrected chi connectivity index (χ1v) is 11.2. The molecular weight excluding hydrogens is 436 g/mol. The van der Waals surface area contributed by atoms with Gasteiger partial charge in [-0.2, -0.15) is 5.10 Å². The van der Waals surface area contributed by atoms with E-state index in [0.29, 0.717) is 5.56 Å². The Kier molecular flexibility index (Phi) is 6.85. The second-order valence-electron chi connectivity index (χ2n) is 7.20. The summed E-state index contributed by atoms with van der Waals surface area (Å²) in [4.78, 5) is 29.4. The van der Waals surface area contributed by atoms with Gasteiger partial charge in [0.2, 0.25) is 0 Å². The van der Waals surface area contributed by atoms with Crippen LogP contribution in [0.4, 0.5) is 0 Å². The van der Waals surface area contributed by atoms with Gasteiger partial charge in [0.15, 0.2) is 0 Å². The van der Waals surface area contributed by atoms with Crippen LogP contribution in [0.5, 0.6) is 0 Å². The second kappa shape index (κ2) is 10.1. The molecule has 4 rings (SSSR count). The minimum atomic E-state index is -0.880. The third-order valence-electron chi connectivity index (χ3n) is 4.98. The fourth-order valence-corrected chi connectivity index (χ4v) is 4.36. The number of aromatic nitrogens is 3. The molecule has 0 aliphatic rings. The van der Waals surface area contributed by atoms with Gasteiger partial charge in [-0.25, -0.2) is 0 Å². The predicted molar refractivity (Wildman–Crippen MR) is 129 cm³/mol. The van der Waals surface area contributed by atoms with Gasteiger partial charge >= 0.3 is 5.97 Å². The third-order valence-corrected chi connectivity index (χ3v) is 6.04. The molecule has 0 saturated heterocycles. The number of aryl methyl sites for hydroxylation is 1. The number of hydrogen-bond donors (Lipinski definition) is 2. The molecule has 0 unspecified atom stereocenters. The summed E-state index contributed by atoms with van der Waals surface area (Å²) in [6, 6.07) is 19.0. The smallest absolute Gasteiger partial charge is 0.305 e. The van der Waals surface area contributed by atoms with Crippen molar-refractivity contribution in [3.05, 3.63) is 83.8 Å². The first-order chi connectivity index (χ1) is 16.0. The summed E-state index contributed by atoms with van der Waals surface area (Å²) < 4.78 is 1.72. The van der Waals surface area contributed by atoms with E-state index in [4.69, 9.17) is 5.11 Å². The maximum Gasteiger partial charge on any atom is 0.305 e. The number of amides is 1. The summed E-state index contributed by atoms with van der Waals surface area (Å²) in [5, 5.41) is 17.4. The van der Waals surface area contributed by atoms with Gasteiger partial charge in [-0.15, -0.1) is 0 Å². The molecule has 0 fully saturated rings. The van der Waals surface area contributed by atoms with Crippen molar-refractivity contribution < 1.29 is 14.7 Å². The molecule has 0 saturated carbocycles. The van der Waals surface area contributed by atoms with Gasteiger partial charge in [0.25, 0.3) is 5.91 Å². The molecule has 166 valence electrons. The maximum absolute atomic E-state index is 12.2. The molecular formula is C25H22N4O3S. The van der Waals surface area contributed by atoms with Crippen LogP contribution in [0.25, 0.3) is 23.1 Å². The number of carbonyl (C=O) groups excluding carboxylic acids is 1.